The summed E-state index contributed by atoms with van der Waals surface area (Å²) in [5, 5.41) is 0.341. The Morgan fingerprint density at radius 1 is 1.60 bits per heavy atom. The van der Waals surface area contributed by atoms with Gasteiger partial charge in [-0.15, -0.1) is 0 Å². The van der Waals surface area contributed by atoms with Crippen LogP contribution < -0.4 is 0 Å². The third-order valence-corrected chi connectivity index (χ3v) is 2.16. The minimum Gasteiger partial charge on any atom is -0.465 e. The predicted molar refractivity (Wildman–Crippen MR) is 63.5 cm³/mol. The van der Waals surface area contributed by atoms with E-state index in [0.29, 0.717) is 16.3 Å². The third-order valence-electron chi connectivity index (χ3n) is 1.69. The number of benzene rings is 1. The van der Waals surface area contributed by atoms with E-state index in [1.54, 1.807) is 18.2 Å². The van der Waals surface area contributed by atoms with Crippen molar-refractivity contribution < 1.29 is 9.53 Å². The van der Waals surface area contributed by atoms with E-state index in [0.717, 1.165) is 5.56 Å². The molecule has 0 N–H and O–H groups in total. The van der Waals surface area contributed by atoms with Gasteiger partial charge in [0, 0.05) is 5.56 Å². The van der Waals surface area contributed by atoms with Gasteiger partial charge in [0.2, 0.25) is 0 Å². The maximum atomic E-state index is 11.2. The molecule has 1 aromatic carbocycles. The zero-order valence-electron chi connectivity index (χ0n) is 8.08. The second kappa shape index (κ2) is 5.69. The molecule has 1 aromatic rings. The molecule has 0 bridgehead atoms. The summed E-state index contributed by atoms with van der Waals surface area (Å²) in [6.45, 7) is 0. The number of hydrogen-bond donors (Lipinski definition) is 1. The van der Waals surface area contributed by atoms with E-state index in [4.69, 9.17) is 11.6 Å². The van der Waals surface area contributed by atoms with Crippen LogP contribution >= 0.6 is 24.2 Å². The molecule has 0 aromatic heterocycles. The van der Waals surface area contributed by atoms with E-state index in [1.807, 2.05) is 0 Å². The Bertz CT molecular complexity index is 432. The van der Waals surface area contributed by atoms with Gasteiger partial charge in [-0.05, 0) is 18.2 Å². The molecule has 0 aliphatic heterocycles. The summed E-state index contributed by atoms with van der Waals surface area (Å²) in [5.41, 5.74) is 1.09. The molecule has 0 heterocycles. The van der Waals surface area contributed by atoms with Crippen LogP contribution in [0.1, 0.15) is 15.9 Å². The number of ether oxygens (including phenoxy) is 1. The van der Waals surface area contributed by atoms with Gasteiger partial charge in [-0.3, -0.25) is 0 Å². The van der Waals surface area contributed by atoms with E-state index in [2.05, 4.69) is 29.2 Å². The van der Waals surface area contributed by atoms with Crippen LogP contribution in [0, 0.1) is 11.8 Å². The highest BCUT2D eigenvalue weighted by atomic mass is 35.5. The van der Waals surface area contributed by atoms with Gasteiger partial charge in [0.05, 0.1) is 23.4 Å². The second-order valence-corrected chi connectivity index (χ2v) is 3.37. The Kier molecular flexibility index (Phi) is 4.54. The molecule has 0 amide bonds. The van der Waals surface area contributed by atoms with Crippen LogP contribution in [-0.2, 0) is 4.74 Å². The lowest BCUT2D eigenvalue weighted by Gasteiger charge is -2.01. The number of rotatable bonds is 1. The summed E-state index contributed by atoms with van der Waals surface area (Å²) in [6.07, 6.45) is 0. The molecule has 0 atom stereocenters. The second-order valence-electron chi connectivity index (χ2n) is 2.65. The Labute approximate surface area is 99.0 Å². The number of hydrogen-bond acceptors (Lipinski definition) is 3. The van der Waals surface area contributed by atoms with Gasteiger partial charge in [0.1, 0.15) is 0 Å². The highest BCUT2D eigenvalue weighted by molar-refractivity contribution is 7.80. The lowest BCUT2D eigenvalue weighted by atomic mass is 10.1. The van der Waals surface area contributed by atoms with E-state index in [1.165, 1.54) is 7.11 Å². The van der Waals surface area contributed by atoms with Crippen molar-refractivity contribution >= 4 is 30.2 Å². The zero-order valence-corrected chi connectivity index (χ0v) is 9.73. The van der Waals surface area contributed by atoms with Crippen LogP contribution in [0.25, 0.3) is 0 Å². The number of carbonyl (C=O) groups is 1. The van der Waals surface area contributed by atoms with Gasteiger partial charge in [-0.2, -0.15) is 12.6 Å². The Morgan fingerprint density at radius 3 is 2.87 bits per heavy atom. The molecule has 0 radical (unpaired) electrons. The van der Waals surface area contributed by atoms with Crippen LogP contribution in [0.4, 0.5) is 0 Å². The molecule has 2 nitrogen and oxygen atoms in total. The van der Waals surface area contributed by atoms with Gasteiger partial charge < -0.3 is 4.74 Å². The molecule has 0 aliphatic rings. The van der Waals surface area contributed by atoms with Gasteiger partial charge in [0.25, 0.3) is 0 Å². The monoisotopic (exact) mass is 240 g/mol. The standard InChI is InChI=1S/C11H9ClO2S/c1-14-11(13)9-5-4-8(3-2-6-15)7-10(9)12/h4-5,7,15H,6H2,1H3. The summed E-state index contributed by atoms with van der Waals surface area (Å²) in [6, 6.07) is 4.94. The van der Waals surface area contributed by atoms with Crippen molar-refractivity contribution in [1.29, 1.82) is 0 Å². The first kappa shape index (κ1) is 12.0. The Balaban J connectivity index is 3.03. The van der Waals surface area contributed by atoms with E-state index >= 15 is 0 Å². The van der Waals surface area contributed by atoms with Crippen molar-refractivity contribution in [3.63, 3.8) is 0 Å². The molecular weight excluding hydrogens is 232 g/mol. The quantitative estimate of drug-likeness (QED) is 0.464. The third kappa shape index (κ3) is 3.19. The molecule has 0 saturated heterocycles. The highest BCUT2D eigenvalue weighted by Gasteiger charge is 2.09. The minimum atomic E-state index is -0.450. The summed E-state index contributed by atoms with van der Waals surface area (Å²) >= 11 is 9.86. The van der Waals surface area contributed by atoms with Crippen LogP contribution in [0.2, 0.25) is 5.02 Å². The van der Waals surface area contributed by atoms with Gasteiger partial charge in [0.15, 0.2) is 0 Å². The zero-order chi connectivity index (χ0) is 11.3. The fourth-order valence-corrected chi connectivity index (χ4v) is 1.35. The van der Waals surface area contributed by atoms with Crippen LogP contribution in [0.3, 0.4) is 0 Å². The number of thiol groups is 1. The average molecular weight is 241 g/mol. The van der Waals surface area contributed by atoms with Crippen molar-refractivity contribution in [2.45, 2.75) is 0 Å². The largest absolute Gasteiger partial charge is 0.465 e. The summed E-state index contributed by atoms with van der Waals surface area (Å²) in [4.78, 5) is 11.2. The Hall–Kier alpha value is -1.11. The highest BCUT2D eigenvalue weighted by Crippen LogP contribution is 2.18. The first-order valence-electron chi connectivity index (χ1n) is 4.16. The summed E-state index contributed by atoms with van der Waals surface area (Å²) in [5.74, 6) is 5.68. The normalized spacial score (nSPS) is 9.00. The molecule has 4 heteroatoms. The lowest BCUT2D eigenvalue weighted by molar-refractivity contribution is 0.0601. The molecule has 0 fully saturated rings. The van der Waals surface area contributed by atoms with Gasteiger partial charge >= 0.3 is 5.97 Å². The van der Waals surface area contributed by atoms with Gasteiger partial charge in [-0.25, -0.2) is 4.79 Å². The van der Waals surface area contributed by atoms with E-state index < -0.39 is 5.97 Å². The fraction of sp³-hybridized carbons (Fsp3) is 0.182. The van der Waals surface area contributed by atoms with Gasteiger partial charge in [-0.1, -0.05) is 23.4 Å². The van der Waals surface area contributed by atoms with Crippen molar-refractivity contribution in [2.24, 2.45) is 0 Å². The number of methoxy groups -OCH3 is 1. The topological polar surface area (TPSA) is 26.3 Å². The first-order valence-corrected chi connectivity index (χ1v) is 5.17. The van der Waals surface area contributed by atoms with Crippen molar-refractivity contribution in [3.8, 4) is 11.8 Å². The van der Waals surface area contributed by atoms with Crippen molar-refractivity contribution in [1.82, 2.24) is 0 Å². The molecule has 0 spiro atoms. The molecule has 0 aliphatic carbocycles. The van der Waals surface area contributed by atoms with E-state index in [9.17, 15) is 4.79 Å². The number of esters is 1. The van der Waals surface area contributed by atoms with Crippen molar-refractivity contribution in [3.05, 3.63) is 34.3 Å². The number of halogens is 1. The molecule has 15 heavy (non-hydrogen) atoms. The lowest BCUT2D eigenvalue weighted by Crippen LogP contribution is -2.01. The minimum absolute atomic E-state index is 0.341. The number of carbonyl (C=O) groups excluding carboxylic acids is 1. The average Bonchev–Trinajstić information content (AvgIpc) is 2.25. The Morgan fingerprint density at radius 2 is 2.33 bits per heavy atom. The molecule has 0 saturated carbocycles. The molecular formula is C11H9ClO2S. The van der Waals surface area contributed by atoms with Crippen LogP contribution in [0.15, 0.2) is 18.2 Å². The van der Waals surface area contributed by atoms with Crippen LogP contribution in [-0.4, -0.2) is 18.8 Å². The fourth-order valence-electron chi connectivity index (χ4n) is 1.01. The van der Waals surface area contributed by atoms with Crippen LogP contribution in [0.5, 0.6) is 0 Å². The molecule has 78 valence electrons. The predicted octanol–water partition coefficient (Wildman–Crippen LogP) is 2.41. The SMILES string of the molecule is COC(=O)c1ccc(C#CCS)cc1Cl. The molecule has 1 rings (SSSR count). The smallest absolute Gasteiger partial charge is 0.339 e. The maximum Gasteiger partial charge on any atom is 0.339 e. The summed E-state index contributed by atoms with van der Waals surface area (Å²) in [7, 11) is 1.31. The van der Waals surface area contributed by atoms with E-state index in [-0.39, 0.29) is 0 Å². The summed E-state index contributed by atoms with van der Waals surface area (Å²) < 4.78 is 4.57. The first-order chi connectivity index (χ1) is 7.19. The van der Waals surface area contributed by atoms with Crippen molar-refractivity contribution in [2.75, 3.05) is 12.9 Å². The molecule has 0 unspecified atom stereocenters. The maximum absolute atomic E-state index is 11.2.